The lowest BCUT2D eigenvalue weighted by Crippen LogP contribution is -2.24. The van der Waals surface area contributed by atoms with Crippen LogP contribution >= 0.6 is 0 Å². The molecule has 4 nitrogen and oxygen atoms in total. The van der Waals surface area contributed by atoms with Crippen molar-refractivity contribution in [3.63, 3.8) is 0 Å². The second-order valence-electron chi connectivity index (χ2n) is 2.96. The summed E-state index contributed by atoms with van der Waals surface area (Å²) < 4.78 is 4.96. The summed E-state index contributed by atoms with van der Waals surface area (Å²) in [5.74, 6) is 5.70. The minimum Gasteiger partial charge on any atom is -0.358 e. The lowest BCUT2D eigenvalue weighted by atomic mass is 10.1. The van der Waals surface area contributed by atoms with Gasteiger partial charge < -0.3 is 4.52 Å². The van der Waals surface area contributed by atoms with Crippen LogP contribution in [-0.4, -0.2) is 5.16 Å². The maximum atomic E-state index is 5.06. The fourth-order valence-corrected chi connectivity index (χ4v) is 0.705. The third-order valence-electron chi connectivity index (χ3n) is 1.52. The number of aryl methyl sites for hydroxylation is 1. The van der Waals surface area contributed by atoms with E-state index >= 15 is 0 Å². The van der Waals surface area contributed by atoms with E-state index in [-0.39, 0.29) is 0 Å². The molecule has 2 N–H and O–H groups in total. The molecule has 1 aromatic rings. The third-order valence-corrected chi connectivity index (χ3v) is 1.52. The van der Waals surface area contributed by atoms with Crippen molar-refractivity contribution < 1.29 is 9.36 Å². The van der Waals surface area contributed by atoms with Crippen LogP contribution in [0.25, 0.3) is 0 Å². The number of nitrogens with two attached hydrogens (primary N) is 1. The molecule has 0 saturated heterocycles. The second kappa shape index (κ2) is 2.64. The fraction of sp³-hybridized carbons (Fsp3) is 0.571. The van der Waals surface area contributed by atoms with Crippen LogP contribution in [0.1, 0.15) is 25.3 Å². The van der Waals surface area contributed by atoms with E-state index in [0.717, 1.165) is 5.69 Å². The number of aromatic nitrogens is 1. The predicted octanol–water partition coefficient (Wildman–Crippen LogP) is 1.11. The summed E-state index contributed by atoms with van der Waals surface area (Å²) in [7, 11) is 0. The number of rotatable bonds is 2. The van der Waals surface area contributed by atoms with Crippen molar-refractivity contribution in [3.8, 4) is 0 Å². The van der Waals surface area contributed by atoms with Crippen LogP contribution in [0, 0.1) is 6.92 Å². The SMILES string of the molecule is Cc1cc(C(C)(C)ON)on1. The summed E-state index contributed by atoms with van der Waals surface area (Å²) in [6.07, 6.45) is 0. The molecule has 0 radical (unpaired) electrons. The summed E-state index contributed by atoms with van der Waals surface area (Å²) in [5.41, 5.74) is 0.228. The van der Waals surface area contributed by atoms with E-state index in [1.165, 1.54) is 0 Å². The highest BCUT2D eigenvalue weighted by Gasteiger charge is 2.25. The van der Waals surface area contributed by atoms with Crippen molar-refractivity contribution in [2.45, 2.75) is 26.4 Å². The summed E-state index contributed by atoms with van der Waals surface area (Å²) in [5, 5.41) is 3.72. The van der Waals surface area contributed by atoms with Crippen LogP contribution in [0.4, 0.5) is 0 Å². The molecule has 0 atom stereocenters. The first-order valence-electron chi connectivity index (χ1n) is 3.38. The van der Waals surface area contributed by atoms with E-state index in [4.69, 9.17) is 15.3 Å². The molecule has 0 aliphatic heterocycles. The fourth-order valence-electron chi connectivity index (χ4n) is 0.705. The van der Waals surface area contributed by atoms with Gasteiger partial charge in [0.2, 0.25) is 0 Å². The summed E-state index contributed by atoms with van der Waals surface area (Å²) in [4.78, 5) is 4.70. The highest BCUT2D eigenvalue weighted by molar-refractivity contribution is 5.09. The highest BCUT2D eigenvalue weighted by Crippen LogP contribution is 2.22. The van der Waals surface area contributed by atoms with Crippen LogP contribution < -0.4 is 5.90 Å². The monoisotopic (exact) mass is 156 g/mol. The normalized spacial score (nSPS) is 12.0. The lowest BCUT2D eigenvalue weighted by Gasteiger charge is -2.16. The van der Waals surface area contributed by atoms with Crippen LogP contribution in [-0.2, 0) is 10.4 Å². The Balaban J connectivity index is 2.92. The molecule has 0 aliphatic rings. The lowest BCUT2D eigenvalue weighted by molar-refractivity contribution is -0.0421. The Kier molecular flexibility index (Phi) is 1.97. The first-order chi connectivity index (χ1) is 5.06. The topological polar surface area (TPSA) is 61.3 Å². The van der Waals surface area contributed by atoms with Crippen LogP contribution in [0.5, 0.6) is 0 Å². The Labute approximate surface area is 65.3 Å². The molecular formula is C7H12N2O2. The Morgan fingerprint density at radius 1 is 1.64 bits per heavy atom. The maximum absolute atomic E-state index is 5.06. The largest absolute Gasteiger partial charge is 0.358 e. The van der Waals surface area contributed by atoms with Gasteiger partial charge >= 0.3 is 0 Å². The van der Waals surface area contributed by atoms with Gasteiger partial charge in [-0.2, -0.15) is 0 Å². The second-order valence-corrected chi connectivity index (χ2v) is 2.96. The third kappa shape index (κ3) is 1.58. The molecule has 0 spiro atoms. The molecule has 1 rings (SSSR count). The van der Waals surface area contributed by atoms with Gasteiger partial charge in [-0.25, -0.2) is 5.90 Å². The number of hydrogen-bond acceptors (Lipinski definition) is 4. The molecule has 4 heteroatoms. The van der Waals surface area contributed by atoms with Crippen molar-refractivity contribution >= 4 is 0 Å². The molecule has 0 aliphatic carbocycles. The first kappa shape index (κ1) is 8.23. The van der Waals surface area contributed by atoms with Crippen LogP contribution in [0.15, 0.2) is 10.6 Å². The van der Waals surface area contributed by atoms with Crippen molar-refractivity contribution in [3.05, 3.63) is 17.5 Å². The van der Waals surface area contributed by atoms with Crippen molar-refractivity contribution in [1.82, 2.24) is 5.16 Å². The molecule has 0 fully saturated rings. The molecule has 0 amide bonds. The molecular weight excluding hydrogens is 144 g/mol. The quantitative estimate of drug-likeness (QED) is 0.651. The van der Waals surface area contributed by atoms with Gasteiger partial charge in [-0.15, -0.1) is 0 Å². The molecule has 1 heterocycles. The van der Waals surface area contributed by atoms with Gasteiger partial charge in [0.15, 0.2) is 5.76 Å². The molecule has 0 bridgehead atoms. The van der Waals surface area contributed by atoms with Crippen molar-refractivity contribution in [2.75, 3.05) is 0 Å². The van der Waals surface area contributed by atoms with Gasteiger partial charge in [-0.1, -0.05) is 5.16 Å². The zero-order valence-electron chi connectivity index (χ0n) is 6.92. The van der Waals surface area contributed by atoms with E-state index in [1.807, 2.05) is 20.8 Å². The van der Waals surface area contributed by atoms with E-state index < -0.39 is 5.60 Å². The average Bonchev–Trinajstić information content (AvgIpc) is 2.36. The minimum absolute atomic E-state index is 0.596. The van der Waals surface area contributed by atoms with Crippen molar-refractivity contribution in [2.24, 2.45) is 5.90 Å². The minimum atomic E-state index is -0.596. The van der Waals surface area contributed by atoms with Gasteiger partial charge in [0.1, 0.15) is 5.60 Å². The molecule has 0 aromatic carbocycles. The highest BCUT2D eigenvalue weighted by atomic mass is 16.6. The molecule has 0 unspecified atom stereocenters. The Hall–Kier alpha value is -0.870. The Morgan fingerprint density at radius 2 is 2.27 bits per heavy atom. The maximum Gasteiger partial charge on any atom is 0.170 e. The molecule has 1 aromatic heterocycles. The number of hydrogen-bond donors (Lipinski definition) is 1. The Bertz CT molecular complexity index is 242. The van der Waals surface area contributed by atoms with Gasteiger partial charge in [0.05, 0.1) is 5.69 Å². The molecule has 0 saturated carbocycles. The van der Waals surface area contributed by atoms with Gasteiger partial charge in [-0.05, 0) is 20.8 Å². The summed E-state index contributed by atoms with van der Waals surface area (Å²) in [6, 6.07) is 1.80. The average molecular weight is 156 g/mol. The number of nitrogens with zero attached hydrogens (tertiary/aromatic N) is 1. The first-order valence-corrected chi connectivity index (χ1v) is 3.38. The van der Waals surface area contributed by atoms with Crippen LogP contribution in [0.3, 0.4) is 0 Å². The molecule has 11 heavy (non-hydrogen) atoms. The summed E-state index contributed by atoms with van der Waals surface area (Å²) in [6.45, 7) is 5.47. The van der Waals surface area contributed by atoms with Crippen molar-refractivity contribution in [1.29, 1.82) is 0 Å². The summed E-state index contributed by atoms with van der Waals surface area (Å²) >= 11 is 0. The van der Waals surface area contributed by atoms with Gasteiger partial charge in [-0.3, -0.25) is 4.84 Å². The standard InChI is InChI=1S/C7H12N2O2/c1-5-4-6(10-9-5)7(2,3)11-8/h4H,8H2,1-3H3. The zero-order chi connectivity index (χ0) is 8.48. The smallest absolute Gasteiger partial charge is 0.170 e. The van der Waals surface area contributed by atoms with Gasteiger partial charge in [0, 0.05) is 6.07 Å². The van der Waals surface area contributed by atoms with Gasteiger partial charge in [0.25, 0.3) is 0 Å². The van der Waals surface area contributed by atoms with Crippen LogP contribution in [0.2, 0.25) is 0 Å². The van der Waals surface area contributed by atoms with E-state index in [2.05, 4.69) is 5.16 Å². The van der Waals surface area contributed by atoms with E-state index in [0.29, 0.717) is 5.76 Å². The Morgan fingerprint density at radius 3 is 2.64 bits per heavy atom. The van der Waals surface area contributed by atoms with E-state index in [9.17, 15) is 0 Å². The zero-order valence-corrected chi connectivity index (χ0v) is 6.92. The predicted molar refractivity (Wildman–Crippen MR) is 39.5 cm³/mol. The van der Waals surface area contributed by atoms with E-state index in [1.54, 1.807) is 6.07 Å². The molecule has 62 valence electrons.